The molecule has 0 N–H and O–H groups in total. The lowest BCUT2D eigenvalue weighted by molar-refractivity contribution is 0.620. The summed E-state index contributed by atoms with van der Waals surface area (Å²) in [5, 5.41) is 0.691. The molecule has 5 aromatic rings. The standard InChI is InChI=1S/C25H16ClNO/c26-21-13-11-19(12-14-21)25-27-24-22(18-9-5-2-6-10-18)15-20(16-23(24)28-25)17-7-3-1-4-8-17/h1-16H. The molecule has 0 unspecified atom stereocenters. The summed E-state index contributed by atoms with van der Waals surface area (Å²) < 4.78 is 6.16. The van der Waals surface area contributed by atoms with E-state index in [0.29, 0.717) is 10.9 Å². The van der Waals surface area contributed by atoms with Crippen molar-refractivity contribution < 1.29 is 4.42 Å². The van der Waals surface area contributed by atoms with Crippen molar-refractivity contribution >= 4 is 22.7 Å². The van der Waals surface area contributed by atoms with Crippen LogP contribution in [0.2, 0.25) is 5.02 Å². The van der Waals surface area contributed by atoms with E-state index in [1.54, 1.807) is 0 Å². The Hall–Kier alpha value is -3.36. The highest BCUT2D eigenvalue weighted by atomic mass is 35.5. The monoisotopic (exact) mass is 381 g/mol. The highest BCUT2D eigenvalue weighted by Gasteiger charge is 2.15. The lowest BCUT2D eigenvalue weighted by Crippen LogP contribution is -1.84. The van der Waals surface area contributed by atoms with E-state index >= 15 is 0 Å². The van der Waals surface area contributed by atoms with E-state index in [1.807, 2.05) is 60.7 Å². The van der Waals surface area contributed by atoms with Gasteiger partial charge in [0.05, 0.1) is 0 Å². The predicted molar refractivity (Wildman–Crippen MR) is 115 cm³/mol. The summed E-state index contributed by atoms with van der Waals surface area (Å²) >= 11 is 6.02. The van der Waals surface area contributed by atoms with Crippen LogP contribution in [0.15, 0.2) is 101 Å². The van der Waals surface area contributed by atoms with Crippen LogP contribution in [-0.2, 0) is 0 Å². The molecule has 5 rings (SSSR count). The molecule has 0 saturated heterocycles. The summed E-state index contributed by atoms with van der Waals surface area (Å²) in [5.41, 5.74) is 6.95. The second-order valence-electron chi connectivity index (χ2n) is 6.63. The first-order valence-electron chi connectivity index (χ1n) is 9.09. The van der Waals surface area contributed by atoms with E-state index in [1.165, 1.54) is 0 Å². The maximum absolute atomic E-state index is 6.16. The summed E-state index contributed by atoms with van der Waals surface area (Å²) in [7, 11) is 0. The van der Waals surface area contributed by atoms with Gasteiger partial charge in [-0.3, -0.25) is 0 Å². The first-order valence-corrected chi connectivity index (χ1v) is 9.47. The Morgan fingerprint density at radius 1 is 0.607 bits per heavy atom. The van der Waals surface area contributed by atoms with E-state index in [4.69, 9.17) is 21.0 Å². The highest BCUT2D eigenvalue weighted by Crippen LogP contribution is 2.36. The van der Waals surface area contributed by atoms with E-state index < -0.39 is 0 Å². The van der Waals surface area contributed by atoms with Crippen LogP contribution in [0, 0.1) is 0 Å². The number of hydrogen-bond acceptors (Lipinski definition) is 2. The molecule has 1 aromatic heterocycles. The Morgan fingerprint density at radius 2 is 1.25 bits per heavy atom. The highest BCUT2D eigenvalue weighted by molar-refractivity contribution is 6.30. The minimum Gasteiger partial charge on any atom is -0.436 e. The van der Waals surface area contributed by atoms with Crippen molar-refractivity contribution in [2.75, 3.05) is 0 Å². The van der Waals surface area contributed by atoms with Crippen LogP contribution >= 0.6 is 11.6 Å². The van der Waals surface area contributed by atoms with Gasteiger partial charge in [-0.25, -0.2) is 4.98 Å². The molecule has 0 aliphatic rings. The summed E-state index contributed by atoms with van der Waals surface area (Å²) in [6.45, 7) is 0. The number of hydrogen-bond donors (Lipinski definition) is 0. The number of rotatable bonds is 3. The topological polar surface area (TPSA) is 26.0 Å². The van der Waals surface area contributed by atoms with Crippen molar-refractivity contribution in [1.29, 1.82) is 0 Å². The SMILES string of the molecule is Clc1ccc(-c2nc3c(-c4ccccc4)cc(-c4ccccc4)cc3o2)cc1. The van der Waals surface area contributed by atoms with Crippen molar-refractivity contribution in [2.45, 2.75) is 0 Å². The van der Waals surface area contributed by atoms with Gasteiger partial charge < -0.3 is 4.42 Å². The number of fused-ring (bicyclic) bond motifs is 1. The Balaban J connectivity index is 1.75. The summed E-state index contributed by atoms with van der Waals surface area (Å²) in [4.78, 5) is 4.81. The Labute approximate surface area is 168 Å². The average Bonchev–Trinajstić information content (AvgIpc) is 3.19. The lowest BCUT2D eigenvalue weighted by atomic mass is 9.98. The fourth-order valence-corrected chi connectivity index (χ4v) is 3.51. The zero-order valence-corrected chi connectivity index (χ0v) is 15.7. The average molecular weight is 382 g/mol. The van der Waals surface area contributed by atoms with Gasteiger partial charge in [0.15, 0.2) is 5.58 Å². The fourth-order valence-electron chi connectivity index (χ4n) is 3.38. The molecular formula is C25H16ClNO. The largest absolute Gasteiger partial charge is 0.436 e. The normalized spacial score (nSPS) is 11.0. The van der Waals surface area contributed by atoms with E-state index in [-0.39, 0.29) is 0 Å². The molecule has 2 nitrogen and oxygen atoms in total. The molecule has 28 heavy (non-hydrogen) atoms. The van der Waals surface area contributed by atoms with Crippen LogP contribution in [0.4, 0.5) is 0 Å². The van der Waals surface area contributed by atoms with Gasteiger partial charge in [0, 0.05) is 16.1 Å². The molecule has 3 heteroatoms. The third-order valence-electron chi connectivity index (χ3n) is 4.78. The molecular weight excluding hydrogens is 366 g/mol. The van der Waals surface area contributed by atoms with Crippen molar-refractivity contribution in [3.05, 3.63) is 102 Å². The number of halogens is 1. The second kappa shape index (κ2) is 6.99. The van der Waals surface area contributed by atoms with E-state index in [2.05, 4.69) is 36.4 Å². The Kier molecular flexibility index (Phi) is 4.19. The maximum atomic E-state index is 6.16. The first-order chi connectivity index (χ1) is 13.8. The minimum absolute atomic E-state index is 0.592. The Morgan fingerprint density at radius 3 is 1.93 bits per heavy atom. The fraction of sp³-hybridized carbons (Fsp3) is 0. The lowest BCUT2D eigenvalue weighted by Gasteiger charge is -2.07. The first kappa shape index (κ1) is 16.8. The van der Waals surface area contributed by atoms with Crippen LogP contribution in [0.5, 0.6) is 0 Å². The van der Waals surface area contributed by atoms with Gasteiger partial charge in [0.2, 0.25) is 5.89 Å². The summed E-state index contributed by atoms with van der Waals surface area (Å²) in [6, 6.07) is 32.4. The van der Waals surface area contributed by atoms with Crippen LogP contribution in [0.1, 0.15) is 0 Å². The number of benzene rings is 4. The molecule has 0 saturated carbocycles. The third-order valence-corrected chi connectivity index (χ3v) is 5.03. The molecule has 0 spiro atoms. The molecule has 0 aliphatic heterocycles. The van der Waals surface area contributed by atoms with Gasteiger partial charge in [-0.1, -0.05) is 72.3 Å². The van der Waals surface area contributed by atoms with Crippen LogP contribution in [0.3, 0.4) is 0 Å². The van der Waals surface area contributed by atoms with Gasteiger partial charge in [0.25, 0.3) is 0 Å². The van der Waals surface area contributed by atoms with Gasteiger partial charge in [-0.2, -0.15) is 0 Å². The smallest absolute Gasteiger partial charge is 0.227 e. The van der Waals surface area contributed by atoms with Crippen molar-refractivity contribution in [1.82, 2.24) is 4.98 Å². The molecule has 0 atom stereocenters. The zero-order valence-electron chi connectivity index (χ0n) is 15.0. The molecule has 4 aromatic carbocycles. The summed E-state index contributed by atoms with van der Waals surface area (Å²) in [5.74, 6) is 0.592. The molecule has 0 amide bonds. The van der Waals surface area contributed by atoms with Crippen LogP contribution in [0.25, 0.3) is 44.8 Å². The molecule has 0 fully saturated rings. The van der Waals surface area contributed by atoms with Crippen LogP contribution < -0.4 is 0 Å². The second-order valence-corrected chi connectivity index (χ2v) is 7.06. The van der Waals surface area contributed by atoms with Crippen molar-refractivity contribution in [2.24, 2.45) is 0 Å². The van der Waals surface area contributed by atoms with Gasteiger partial charge >= 0.3 is 0 Å². The van der Waals surface area contributed by atoms with Crippen LogP contribution in [-0.4, -0.2) is 4.98 Å². The number of nitrogens with zero attached hydrogens (tertiary/aromatic N) is 1. The Bertz CT molecular complexity index is 1240. The molecule has 1 heterocycles. The van der Waals surface area contributed by atoms with Gasteiger partial charge in [-0.15, -0.1) is 0 Å². The molecule has 0 aliphatic carbocycles. The molecule has 0 radical (unpaired) electrons. The molecule has 0 bridgehead atoms. The minimum atomic E-state index is 0.592. The quantitative estimate of drug-likeness (QED) is 0.323. The van der Waals surface area contributed by atoms with Gasteiger partial charge in [-0.05, 0) is 53.1 Å². The van der Waals surface area contributed by atoms with E-state index in [9.17, 15) is 0 Å². The summed E-state index contributed by atoms with van der Waals surface area (Å²) in [6.07, 6.45) is 0. The van der Waals surface area contributed by atoms with Crippen molar-refractivity contribution in [3.8, 4) is 33.7 Å². The zero-order chi connectivity index (χ0) is 18.9. The maximum Gasteiger partial charge on any atom is 0.227 e. The third kappa shape index (κ3) is 3.08. The number of oxazole rings is 1. The molecule has 134 valence electrons. The predicted octanol–water partition coefficient (Wildman–Crippen LogP) is 7.48. The van der Waals surface area contributed by atoms with Gasteiger partial charge in [0.1, 0.15) is 5.52 Å². The van der Waals surface area contributed by atoms with Crippen molar-refractivity contribution in [3.63, 3.8) is 0 Å². The van der Waals surface area contributed by atoms with E-state index in [0.717, 1.165) is 38.9 Å². The number of aromatic nitrogens is 1.